The van der Waals surface area contributed by atoms with E-state index in [1.807, 2.05) is 0 Å². The summed E-state index contributed by atoms with van der Waals surface area (Å²) in [7, 11) is 1.66. The van der Waals surface area contributed by atoms with E-state index in [0.717, 1.165) is 4.57 Å². The third-order valence-corrected chi connectivity index (χ3v) is 3.65. The Bertz CT molecular complexity index is 1020. The van der Waals surface area contributed by atoms with Crippen LogP contribution >= 0.6 is 0 Å². The number of nitrogens with zero attached hydrogens (tertiary/aromatic N) is 4. The van der Waals surface area contributed by atoms with Crippen LogP contribution in [0.3, 0.4) is 0 Å². The van der Waals surface area contributed by atoms with E-state index in [2.05, 4.69) is 20.9 Å². The molecule has 0 aliphatic heterocycles. The highest BCUT2D eigenvalue weighted by Gasteiger charge is 2.11. The van der Waals surface area contributed by atoms with E-state index in [0.29, 0.717) is 16.6 Å². The number of hydrogen-bond donors (Lipinski definition) is 2. The zero-order chi connectivity index (χ0) is 18.7. The van der Waals surface area contributed by atoms with Gasteiger partial charge in [-0.05, 0) is 17.7 Å². The fraction of sp³-hybridized carbons (Fsp3) is 0.188. The number of rotatable bonds is 4. The first-order chi connectivity index (χ1) is 12.4. The SMILES string of the molecule is Cn1ncc2c(=O)n(CC(=O)NNC(=O)Cc3ccc(F)cc3)cnc21. The monoisotopic (exact) mass is 358 g/mol. The van der Waals surface area contributed by atoms with Gasteiger partial charge < -0.3 is 0 Å². The van der Waals surface area contributed by atoms with Crippen molar-refractivity contribution in [3.05, 3.63) is 58.5 Å². The van der Waals surface area contributed by atoms with Gasteiger partial charge in [-0.15, -0.1) is 0 Å². The maximum absolute atomic E-state index is 12.8. The van der Waals surface area contributed by atoms with Gasteiger partial charge in [-0.25, -0.2) is 9.37 Å². The molecule has 0 saturated heterocycles. The van der Waals surface area contributed by atoms with Crippen LogP contribution in [0.15, 0.2) is 41.6 Å². The number of benzene rings is 1. The van der Waals surface area contributed by atoms with Crippen molar-refractivity contribution in [2.45, 2.75) is 13.0 Å². The molecule has 0 aliphatic rings. The molecule has 0 aliphatic carbocycles. The lowest BCUT2D eigenvalue weighted by Crippen LogP contribution is -2.44. The Balaban J connectivity index is 1.57. The first-order valence-electron chi connectivity index (χ1n) is 7.63. The van der Waals surface area contributed by atoms with Crippen molar-refractivity contribution < 1.29 is 14.0 Å². The van der Waals surface area contributed by atoms with E-state index in [4.69, 9.17) is 0 Å². The minimum atomic E-state index is -0.593. The number of hydrogen-bond acceptors (Lipinski definition) is 5. The molecule has 0 saturated carbocycles. The predicted molar refractivity (Wildman–Crippen MR) is 89.2 cm³/mol. The lowest BCUT2D eigenvalue weighted by atomic mass is 10.1. The molecule has 10 heteroatoms. The van der Waals surface area contributed by atoms with Crippen molar-refractivity contribution in [3.8, 4) is 0 Å². The minimum absolute atomic E-state index is 0.0241. The molecule has 2 heterocycles. The maximum atomic E-state index is 12.8. The Morgan fingerprint density at radius 3 is 2.58 bits per heavy atom. The van der Waals surface area contributed by atoms with Crippen molar-refractivity contribution in [2.75, 3.05) is 0 Å². The molecule has 3 aromatic rings. The number of nitrogens with one attached hydrogen (secondary N) is 2. The van der Waals surface area contributed by atoms with E-state index in [1.54, 1.807) is 7.05 Å². The van der Waals surface area contributed by atoms with Gasteiger partial charge in [-0.1, -0.05) is 12.1 Å². The molecule has 1 aromatic carbocycles. The highest BCUT2D eigenvalue weighted by molar-refractivity contribution is 5.83. The van der Waals surface area contributed by atoms with E-state index in [-0.39, 0.29) is 13.0 Å². The molecular formula is C16H15FN6O3. The quantitative estimate of drug-likeness (QED) is 0.620. The third-order valence-electron chi connectivity index (χ3n) is 3.65. The topological polar surface area (TPSA) is 111 Å². The molecule has 0 unspecified atom stereocenters. The van der Waals surface area contributed by atoms with Crippen molar-refractivity contribution in [1.29, 1.82) is 0 Å². The molecular weight excluding hydrogens is 343 g/mol. The van der Waals surface area contributed by atoms with Gasteiger partial charge in [0.25, 0.3) is 11.5 Å². The molecule has 0 atom stereocenters. The Labute approximate surface area is 146 Å². The van der Waals surface area contributed by atoms with Gasteiger partial charge >= 0.3 is 0 Å². The van der Waals surface area contributed by atoms with Crippen LogP contribution in [0.5, 0.6) is 0 Å². The van der Waals surface area contributed by atoms with Crippen molar-refractivity contribution in [1.82, 2.24) is 30.2 Å². The van der Waals surface area contributed by atoms with Crippen LogP contribution in [-0.4, -0.2) is 31.1 Å². The third kappa shape index (κ3) is 3.74. The Hall–Kier alpha value is -3.56. The summed E-state index contributed by atoms with van der Waals surface area (Å²) in [5, 5.41) is 4.24. The molecule has 0 fully saturated rings. The Morgan fingerprint density at radius 1 is 1.15 bits per heavy atom. The maximum Gasteiger partial charge on any atom is 0.264 e. The largest absolute Gasteiger partial charge is 0.289 e. The van der Waals surface area contributed by atoms with Crippen LogP contribution in [0.25, 0.3) is 11.0 Å². The van der Waals surface area contributed by atoms with Crippen LogP contribution < -0.4 is 16.4 Å². The lowest BCUT2D eigenvalue weighted by molar-refractivity contribution is -0.128. The smallest absolute Gasteiger partial charge is 0.264 e. The van der Waals surface area contributed by atoms with E-state index in [9.17, 15) is 18.8 Å². The van der Waals surface area contributed by atoms with E-state index >= 15 is 0 Å². The van der Waals surface area contributed by atoms with Crippen LogP contribution in [0.2, 0.25) is 0 Å². The second kappa shape index (κ2) is 7.13. The first-order valence-corrected chi connectivity index (χ1v) is 7.63. The number of aromatic nitrogens is 4. The molecule has 0 bridgehead atoms. The molecule has 2 amide bonds. The van der Waals surface area contributed by atoms with Crippen LogP contribution in [0, 0.1) is 5.82 Å². The molecule has 0 spiro atoms. The zero-order valence-corrected chi connectivity index (χ0v) is 13.8. The number of aryl methyl sites for hydroxylation is 1. The minimum Gasteiger partial charge on any atom is -0.289 e. The van der Waals surface area contributed by atoms with Gasteiger partial charge in [0.05, 0.1) is 12.6 Å². The molecule has 2 aromatic heterocycles. The van der Waals surface area contributed by atoms with Crippen LogP contribution in [0.4, 0.5) is 4.39 Å². The fourth-order valence-electron chi connectivity index (χ4n) is 2.34. The molecule has 26 heavy (non-hydrogen) atoms. The number of amides is 2. The first kappa shape index (κ1) is 17.3. The normalized spacial score (nSPS) is 10.7. The van der Waals surface area contributed by atoms with Crippen molar-refractivity contribution >= 4 is 22.8 Å². The summed E-state index contributed by atoms with van der Waals surface area (Å²) in [5.41, 5.74) is 5.07. The summed E-state index contributed by atoms with van der Waals surface area (Å²) >= 11 is 0. The second-order valence-electron chi connectivity index (χ2n) is 5.58. The zero-order valence-electron chi connectivity index (χ0n) is 13.8. The second-order valence-corrected chi connectivity index (χ2v) is 5.58. The molecule has 134 valence electrons. The lowest BCUT2D eigenvalue weighted by Gasteiger charge is -2.09. The Morgan fingerprint density at radius 2 is 1.85 bits per heavy atom. The highest BCUT2D eigenvalue weighted by atomic mass is 19.1. The molecule has 9 nitrogen and oxygen atoms in total. The Kier molecular flexibility index (Phi) is 4.74. The fourth-order valence-corrected chi connectivity index (χ4v) is 2.34. The van der Waals surface area contributed by atoms with E-state index < -0.39 is 23.2 Å². The van der Waals surface area contributed by atoms with E-state index in [1.165, 1.54) is 41.5 Å². The molecule has 3 rings (SSSR count). The predicted octanol–water partition coefficient (Wildman–Crippen LogP) is -0.341. The summed E-state index contributed by atoms with van der Waals surface area (Å²) in [6.07, 6.45) is 2.60. The average molecular weight is 358 g/mol. The van der Waals surface area contributed by atoms with Crippen LogP contribution in [0.1, 0.15) is 5.56 Å². The van der Waals surface area contributed by atoms with Gasteiger partial charge in [0.15, 0.2) is 5.65 Å². The van der Waals surface area contributed by atoms with Gasteiger partial charge in [-0.3, -0.25) is 34.5 Å². The number of carbonyl (C=O) groups excluding carboxylic acids is 2. The number of fused-ring (bicyclic) bond motifs is 1. The summed E-state index contributed by atoms with van der Waals surface area (Å²) in [6, 6.07) is 5.44. The number of hydrazine groups is 1. The average Bonchev–Trinajstić information content (AvgIpc) is 2.99. The molecule has 0 radical (unpaired) electrons. The van der Waals surface area contributed by atoms with Crippen LogP contribution in [-0.2, 0) is 29.6 Å². The standard InChI is InChI=1S/C16H15FN6O3/c1-22-15-12(7-19-22)16(26)23(9-18-15)8-14(25)21-20-13(24)6-10-2-4-11(17)5-3-10/h2-5,7,9H,6,8H2,1H3,(H,20,24)(H,21,25). The summed E-state index contributed by atoms with van der Waals surface area (Å²) in [5.74, 6) is -1.46. The van der Waals surface area contributed by atoms with Gasteiger partial charge in [0.2, 0.25) is 5.91 Å². The van der Waals surface area contributed by atoms with Gasteiger partial charge in [0, 0.05) is 7.05 Å². The molecule has 2 N–H and O–H groups in total. The van der Waals surface area contributed by atoms with Crippen molar-refractivity contribution in [2.24, 2.45) is 7.05 Å². The summed E-state index contributed by atoms with van der Waals surface area (Å²) < 4.78 is 15.4. The van der Waals surface area contributed by atoms with Crippen molar-refractivity contribution in [3.63, 3.8) is 0 Å². The van der Waals surface area contributed by atoms with Gasteiger partial charge in [0.1, 0.15) is 24.1 Å². The summed E-state index contributed by atoms with van der Waals surface area (Å²) in [4.78, 5) is 40.0. The number of halogens is 1. The van der Waals surface area contributed by atoms with Gasteiger partial charge in [-0.2, -0.15) is 5.10 Å². The number of carbonyl (C=O) groups is 2. The highest BCUT2D eigenvalue weighted by Crippen LogP contribution is 2.04. The summed E-state index contributed by atoms with van der Waals surface area (Å²) in [6.45, 7) is -0.312.